The van der Waals surface area contributed by atoms with Gasteiger partial charge in [-0.15, -0.1) is 0 Å². The molecule has 3 N–H and O–H groups in total. The first-order chi connectivity index (χ1) is 16.3. The number of imide groups is 1. The van der Waals surface area contributed by atoms with Gasteiger partial charge in [-0.1, -0.05) is 30.3 Å². The van der Waals surface area contributed by atoms with Gasteiger partial charge in [0.25, 0.3) is 5.91 Å². The molecule has 0 aliphatic carbocycles. The highest BCUT2D eigenvalue weighted by Crippen LogP contribution is 2.36. The molecule has 1 saturated heterocycles. The predicted octanol–water partition coefficient (Wildman–Crippen LogP) is 4.29. The molecule has 1 aliphatic rings. The van der Waals surface area contributed by atoms with Gasteiger partial charge in [0.15, 0.2) is 0 Å². The van der Waals surface area contributed by atoms with Crippen LogP contribution in [0.15, 0.2) is 48.5 Å². The summed E-state index contributed by atoms with van der Waals surface area (Å²) >= 11 is 0. The fourth-order valence-electron chi connectivity index (χ4n) is 3.49. The number of amides is 3. The molecular formula is C23H25F6N3O3. The van der Waals surface area contributed by atoms with E-state index in [4.69, 9.17) is 0 Å². The van der Waals surface area contributed by atoms with Crippen LogP contribution < -0.4 is 16.0 Å². The van der Waals surface area contributed by atoms with Crippen molar-refractivity contribution in [1.82, 2.24) is 16.0 Å². The summed E-state index contributed by atoms with van der Waals surface area (Å²) in [5.41, 5.74) is -2.52. The lowest BCUT2D eigenvalue weighted by atomic mass is 9.91. The topological polar surface area (TPSA) is 79.5 Å². The zero-order valence-electron chi connectivity index (χ0n) is 18.9. The third-order valence-corrected chi connectivity index (χ3v) is 5.13. The average molecular weight is 505 g/mol. The van der Waals surface area contributed by atoms with Gasteiger partial charge in [-0.3, -0.25) is 10.1 Å². The minimum Gasteiger partial charge on any atom is -0.380 e. The fourth-order valence-corrected chi connectivity index (χ4v) is 3.49. The lowest BCUT2D eigenvalue weighted by Crippen LogP contribution is -2.54. The maximum Gasteiger partial charge on any atom is 0.416 e. The van der Waals surface area contributed by atoms with Crippen LogP contribution in [0, 0.1) is 0 Å². The van der Waals surface area contributed by atoms with Crippen LogP contribution in [0.4, 0.5) is 31.1 Å². The molecule has 1 unspecified atom stereocenters. The van der Waals surface area contributed by atoms with Crippen molar-refractivity contribution >= 4 is 11.9 Å². The minimum atomic E-state index is -4.82. The molecule has 1 aliphatic heterocycles. The molecule has 0 saturated carbocycles. The molecule has 0 aromatic heterocycles. The van der Waals surface area contributed by atoms with Gasteiger partial charge >= 0.3 is 18.4 Å². The number of rotatable bonds is 7. The van der Waals surface area contributed by atoms with E-state index >= 15 is 0 Å². The van der Waals surface area contributed by atoms with Gasteiger partial charge < -0.3 is 15.4 Å². The Morgan fingerprint density at radius 1 is 0.914 bits per heavy atom. The number of urea groups is 1. The molecule has 1 heterocycles. The number of carbonyl (C=O) groups excluding carboxylic acids is 2. The number of ether oxygens (including phenoxy) is 1. The molecule has 0 radical (unpaired) electrons. The van der Waals surface area contributed by atoms with Crippen molar-refractivity contribution in [3.8, 4) is 0 Å². The number of carbonyl (C=O) groups is 2. The van der Waals surface area contributed by atoms with E-state index in [2.05, 4.69) is 20.7 Å². The summed E-state index contributed by atoms with van der Waals surface area (Å²) in [5.74, 6) is -0.252. The van der Waals surface area contributed by atoms with Crippen LogP contribution >= 0.6 is 0 Å². The van der Waals surface area contributed by atoms with Gasteiger partial charge in [-0.2, -0.15) is 26.3 Å². The van der Waals surface area contributed by atoms with E-state index in [1.165, 1.54) is 7.11 Å². The van der Waals surface area contributed by atoms with Crippen LogP contribution in [0.2, 0.25) is 0 Å². The zero-order chi connectivity index (χ0) is 26.3. The van der Waals surface area contributed by atoms with E-state index in [0.29, 0.717) is 25.1 Å². The smallest absolute Gasteiger partial charge is 0.380 e. The Bertz CT molecular complexity index is 980. The number of aryl methyl sites for hydroxylation is 1. The third kappa shape index (κ3) is 7.96. The molecule has 1 atom stereocenters. The maximum absolute atomic E-state index is 12.4. The molecule has 0 spiro atoms. The molecule has 0 bridgehead atoms. The second-order valence-electron chi connectivity index (χ2n) is 7.85. The Kier molecular flexibility index (Phi) is 9.27. The van der Waals surface area contributed by atoms with Crippen molar-refractivity contribution in [1.29, 1.82) is 0 Å². The number of benzene rings is 2. The maximum atomic E-state index is 12.4. The Hall–Kier alpha value is -3.12. The largest absolute Gasteiger partial charge is 0.416 e. The lowest BCUT2D eigenvalue weighted by Gasteiger charge is -2.25. The van der Waals surface area contributed by atoms with E-state index in [0.717, 1.165) is 12.0 Å². The highest BCUT2D eigenvalue weighted by Gasteiger charge is 2.45. The summed E-state index contributed by atoms with van der Waals surface area (Å²) in [4.78, 5) is 23.2. The molecular weight excluding hydrogens is 480 g/mol. The van der Waals surface area contributed by atoms with E-state index < -0.39 is 35.0 Å². The number of likely N-dealkylation sites (N-methyl/N-ethyl adjacent to an activating group) is 1. The Morgan fingerprint density at radius 2 is 1.49 bits per heavy atom. The SMILES string of the molecule is CNCC1(CCc2ccccc2)NC(=O)NC1=O.COCc1cc(C(F)(F)F)cc(C(F)(F)F)c1. The normalized spacial score (nSPS) is 17.9. The van der Waals surface area contributed by atoms with Crippen LogP contribution in [-0.4, -0.2) is 38.2 Å². The Labute approximate surface area is 198 Å². The Morgan fingerprint density at radius 3 is 1.91 bits per heavy atom. The summed E-state index contributed by atoms with van der Waals surface area (Å²) < 4.78 is 78.7. The number of hydrogen-bond donors (Lipinski definition) is 3. The van der Waals surface area contributed by atoms with Crippen LogP contribution in [0.3, 0.4) is 0 Å². The fraction of sp³-hybridized carbons (Fsp3) is 0.391. The number of alkyl halides is 6. The van der Waals surface area contributed by atoms with Gasteiger partial charge in [0.2, 0.25) is 0 Å². The number of nitrogens with one attached hydrogen (secondary N) is 3. The second kappa shape index (κ2) is 11.5. The van der Waals surface area contributed by atoms with Gasteiger partial charge in [0.05, 0.1) is 17.7 Å². The van der Waals surface area contributed by atoms with E-state index in [1.807, 2.05) is 30.3 Å². The zero-order valence-corrected chi connectivity index (χ0v) is 18.9. The van der Waals surface area contributed by atoms with Crippen LogP contribution in [0.5, 0.6) is 0 Å². The monoisotopic (exact) mass is 505 g/mol. The molecule has 1 fully saturated rings. The van der Waals surface area contributed by atoms with Crippen LogP contribution in [0.1, 0.15) is 28.7 Å². The summed E-state index contributed by atoms with van der Waals surface area (Å²) in [7, 11) is 2.95. The van der Waals surface area contributed by atoms with E-state index in [1.54, 1.807) is 7.05 Å². The second-order valence-corrected chi connectivity index (χ2v) is 7.85. The van der Waals surface area contributed by atoms with Crippen molar-refractivity contribution in [3.05, 3.63) is 70.8 Å². The van der Waals surface area contributed by atoms with Crippen molar-refractivity contribution in [2.45, 2.75) is 37.3 Å². The van der Waals surface area contributed by atoms with Gasteiger partial charge in [-0.25, -0.2) is 4.79 Å². The summed E-state index contributed by atoms with van der Waals surface area (Å²) in [5, 5.41) is 7.99. The molecule has 35 heavy (non-hydrogen) atoms. The first-order valence-electron chi connectivity index (χ1n) is 10.4. The average Bonchev–Trinajstić information content (AvgIpc) is 3.05. The Balaban J connectivity index is 0.000000247. The van der Waals surface area contributed by atoms with E-state index in [9.17, 15) is 35.9 Å². The van der Waals surface area contributed by atoms with Gasteiger partial charge in [0.1, 0.15) is 5.54 Å². The van der Waals surface area contributed by atoms with Crippen molar-refractivity contribution in [2.75, 3.05) is 20.7 Å². The molecule has 2 aromatic carbocycles. The number of halogens is 6. The summed E-state index contributed by atoms with van der Waals surface area (Å²) in [6.45, 7) is 0.115. The lowest BCUT2D eigenvalue weighted by molar-refractivity contribution is -0.143. The molecule has 2 aromatic rings. The first-order valence-corrected chi connectivity index (χ1v) is 10.4. The number of methoxy groups -OCH3 is 1. The summed E-state index contributed by atoms with van der Waals surface area (Å²) in [6, 6.07) is 10.9. The van der Waals surface area contributed by atoms with Crippen molar-refractivity contribution in [2.24, 2.45) is 0 Å². The molecule has 12 heteroatoms. The quantitative estimate of drug-likeness (QED) is 0.388. The molecule has 3 amide bonds. The number of hydrogen-bond acceptors (Lipinski definition) is 4. The molecule has 6 nitrogen and oxygen atoms in total. The summed E-state index contributed by atoms with van der Waals surface area (Å²) in [6.07, 6.45) is -8.31. The van der Waals surface area contributed by atoms with Crippen molar-refractivity contribution in [3.63, 3.8) is 0 Å². The minimum absolute atomic E-state index is 0.0825. The van der Waals surface area contributed by atoms with Crippen LogP contribution in [-0.2, 0) is 34.9 Å². The van der Waals surface area contributed by atoms with Gasteiger partial charge in [-0.05, 0) is 49.2 Å². The van der Waals surface area contributed by atoms with Crippen LogP contribution in [0.25, 0.3) is 0 Å². The van der Waals surface area contributed by atoms with Crippen molar-refractivity contribution < 1.29 is 40.7 Å². The van der Waals surface area contributed by atoms with E-state index in [-0.39, 0.29) is 24.1 Å². The highest BCUT2D eigenvalue weighted by molar-refractivity contribution is 6.07. The first kappa shape index (κ1) is 28.1. The standard InChI is InChI=1S/C13H17N3O2.C10H8F6O/c1-14-9-13(11(17)15-12(18)16-13)8-7-10-5-3-2-4-6-10;1-17-5-6-2-7(9(11,12)13)4-8(3-6)10(14,15)16/h2-6,14H,7-9H2,1H3,(H2,15,16,17,18);2-4H,5H2,1H3. The third-order valence-electron chi connectivity index (χ3n) is 5.13. The predicted molar refractivity (Wildman–Crippen MR) is 115 cm³/mol. The molecule has 192 valence electrons. The molecule has 3 rings (SSSR count). The highest BCUT2D eigenvalue weighted by atomic mass is 19.4. The van der Waals surface area contributed by atoms with Gasteiger partial charge in [0, 0.05) is 13.7 Å².